The predicted octanol–water partition coefficient (Wildman–Crippen LogP) is 5.24. The van der Waals surface area contributed by atoms with E-state index >= 15 is 0 Å². The SMILES string of the molecule is Cc1cc(OCC2(O)CCS(=O)(=O)CC2)cc2c1-c1cc(COc3ccc(C4CC4C(=O)O)cc3)ccc1CCC2. The van der Waals surface area contributed by atoms with Crippen LogP contribution in [0.2, 0.25) is 0 Å². The molecule has 2 unspecified atom stereocenters. The van der Waals surface area contributed by atoms with Crippen molar-refractivity contribution in [3.63, 3.8) is 0 Å². The van der Waals surface area contributed by atoms with Crippen LogP contribution < -0.4 is 9.47 Å². The van der Waals surface area contributed by atoms with E-state index in [1.54, 1.807) is 0 Å². The van der Waals surface area contributed by atoms with Crippen molar-refractivity contribution in [3.8, 4) is 22.6 Å². The number of fused-ring (bicyclic) bond motifs is 3. The normalized spacial score (nSPS) is 22.1. The average Bonchev–Trinajstić information content (AvgIpc) is 3.77. The van der Waals surface area contributed by atoms with Gasteiger partial charge in [0.05, 0.1) is 17.4 Å². The maximum Gasteiger partial charge on any atom is 0.307 e. The van der Waals surface area contributed by atoms with Crippen molar-refractivity contribution in [2.24, 2.45) is 5.92 Å². The van der Waals surface area contributed by atoms with E-state index in [2.05, 4.69) is 31.2 Å². The van der Waals surface area contributed by atoms with E-state index < -0.39 is 21.4 Å². The zero-order valence-corrected chi connectivity index (χ0v) is 24.1. The third-order valence-corrected chi connectivity index (χ3v) is 10.5. The van der Waals surface area contributed by atoms with Crippen LogP contribution in [0.5, 0.6) is 11.5 Å². The number of aryl methyl sites for hydroxylation is 3. The molecule has 41 heavy (non-hydrogen) atoms. The first-order chi connectivity index (χ1) is 19.6. The fourth-order valence-electron chi connectivity index (χ4n) is 6.22. The van der Waals surface area contributed by atoms with E-state index in [0.717, 1.165) is 41.7 Å². The maximum absolute atomic E-state index is 11.8. The molecule has 3 aromatic carbocycles. The van der Waals surface area contributed by atoms with Crippen LogP contribution in [0.3, 0.4) is 0 Å². The lowest BCUT2D eigenvalue weighted by molar-refractivity contribution is -0.138. The lowest BCUT2D eigenvalue weighted by Crippen LogP contribution is -2.43. The zero-order valence-electron chi connectivity index (χ0n) is 23.3. The highest BCUT2D eigenvalue weighted by Gasteiger charge is 2.44. The summed E-state index contributed by atoms with van der Waals surface area (Å²) in [7, 11) is -3.06. The topological polar surface area (TPSA) is 110 Å². The van der Waals surface area contributed by atoms with E-state index in [1.165, 1.54) is 22.3 Å². The van der Waals surface area contributed by atoms with Crippen LogP contribution in [-0.2, 0) is 34.1 Å². The molecule has 2 N–H and O–H groups in total. The summed E-state index contributed by atoms with van der Waals surface area (Å²) in [6, 6.07) is 18.4. The Morgan fingerprint density at radius 1 is 0.951 bits per heavy atom. The van der Waals surface area contributed by atoms with Crippen molar-refractivity contribution >= 4 is 15.8 Å². The van der Waals surface area contributed by atoms with Crippen LogP contribution >= 0.6 is 0 Å². The molecule has 3 aromatic rings. The number of benzene rings is 3. The molecule has 8 heteroatoms. The molecule has 0 spiro atoms. The number of aliphatic carboxylic acids is 1. The van der Waals surface area contributed by atoms with Crippen molar-refractivity contribution in [1.29, 1.82) is 0 Å². The Morgan fingerprint density at radius 3 is 2.39 bits per heavy atom. The summed E-state index contributed by atoms with van der Waals surface area (Å²) >= 11 is 0. The van der Waals surface area contributed by atoms with Gasteiger partial charge >= 0.3 is 5.97 Å². The fourth-order valence-corrected chi connectivity index (χ4v) is 7.80. The minimum absolute atomic E-state index is 0.00209. The van der Waals surface area contributed by atoms with Gasteiger partial charge in [-0.15, -0.1) is 0 Å². The Morgan fingerprint density at radius 2 is 1.68 bits per heavy atom. The number of carboxylic acid groups (broad SMARTS) is 1. The van der Waals surface area contributed by atoms with Crippen LogP contribution in [-0.4, -0.2) is 48.3 Å². The molecule has 0 amide bonds. The minimum Gasteiger partial charge on any atom is -0.491 e. The molecule has 1 saturated carbocycles. The number of hydrogen-bond acceptors (Lipinski definition) is 6. The molecule has 1 saturated heterocycles. The summed E-state index contributed by atoms with van der Waals surface area (Å²) in [5, 5.41) is 20.0. The van der Waals surface area contributed by atoms with Gasteiger partial charge in [0.15, 0.2) is 9.84 Å². The number of ether oxygens (including phenoxy) is 2. The Hall–Kier alpha value is -3.36. The van der Waals surface area contributed by atoms with Gasteiger partial charge in [0, 0.05) is 0 Å². The van der Waals surface area contributed by atoms with Gasteiger partial charge < -0.3 is 19.7 Å². The maximum atomic E-state index is 11.8. The number of sulfone groups is 1. The molecule has 2 fully saturated rings. The van der Waals surface area contributed by atoms with Crippen molar-refractivity contribution in [2.75, 3.05) is 18.1 Å². The van der Waals surface area contributed by atoms with Crippen molar-refractivity contribution in [3.05, 3.63) is 82.4 Å². The molecule has 7 nitrogen and oxygen atoms in total. The minimum atomic E-state index is -3.06. The van der Waals surface area contributed by atoms with E-state index in [0.29, 0.717) is 18.8 Å². The Balaban J connectivity index is 1.15. The van der Waals surface area contributed by atoms with Gasteiger partial charge in [-0.25, -0.2) is 8.42 Å². The number of carbonyl (C=O) groups is 1. The van der Waals surface area contributed by atoms with Crippen LogP contribution in [0.25, 0.3) is 11.1 Å². The smallest absolute Gasteiger partial charge is 0.307 e. The van der Waals surface area contributed by atoms with Gasteiger partial charge in [-0.1, -0.05) is 24.3 Å². The standard InChI is InChI=1S/C33H36O7S/c1-21-15-27(40-20-33(36)11-13-41(37,38)14-12-33)17-25-4-2-3-23-6-5-22(16-29(23)31(21)25)19-39-26-9-7-24(8-10-26)28-18-30(28)32(34)35/h5-10,15-17,28,30,36H,2-4,11-14,18-20H2,1H3,(H,34,35). The largest absolute Gasteiger partial charge is 0.491 e. The summed E-state index contributed by atoms with van der Waals surface area (Å²) < 4.78 is 35.7. The molecule has 1 heterocycles. The summed E-state index contributed by atoms with van der Waals surface area (Å²) in [5.41, 5.74) is 7.06. The van der Waals surface area contributed by atoms with Gasteiger partial charge in [0.2, 0.25) is 0 Å². The number of carboxylic acids is 1. The molecular formula is C33H36O7S. The molecule has 2 aliphatic carbocycles. The van der Waals surface area contributed by atoms with Gasteiger partial charge in [-0.05, 0) is 121 Å². The van der Waals surface area contributed by atoms with E-state index in [1.807, 2.05) is 30.3 Å². The van der Waals surface area contributed by atoms with E-state index in [4.69, 9.17) is 9.47 Å². The summed E-state index contributed by atoms with van der Waals surface area (Å²) in [5.74, 6) is 0.574. The van der Waals surface area contributed by atoms with Gasteiger partial charge in [-0.3, -0.25) is 4.79 Å². The number of hydrogen-bond donors (Lipinski definition) is 2. The summed E-state index contributed by atoms with van der Waals surface area (Å²) in [6.07, 6.45) is 4.03. The second-order valence-corrected chi connectivity index (χ2v) is 14.2. The lowest BCUT2D eigenvalue weighted by Gasteiger charge is -2.31. The van der Waals surface area contributed by atoms with Gasteiger partial charge in [0.1, 0.15) is 30.3 Å². The highest BCUT2D eigenvalue weighted by atomic mass is 32.2. The van der Waals surface area contributed by atoms with Crippen LogP contribution in [0.4, 0.5) is 0 Å². The van der Waals surface area contributed by atoms with Crippen molar-refractivity contribution < 1.29 is 32.9 Å². The molecule has 6 rings (SSSR count). The Kier molecular flexibility index (Phi) is 7.32. The second-order valence-electron chi connectivity index (χ2n) is 11.9. The highest BCUT2D eigenvalue weighted by molar-refractivity contribution is 7.91. The number of rotatable bonds is 8. The molecule has 1 aliphatic heterocycles. The third kappa shape index (κ3) is 6.14. The first kappa shape index (κ1) is 27.8. The van der Waals surface area contributed by atoms with Gasteiger partial charge in [-0.2, -0.15) is 0 Å². The van der Waals surface area contributed by atoms with Gasteiger partial charge in [0.25, 0.3) is 0 Å². The van der Waals surface area contributed by atoms with Crippen LogP contribution in [0.15, 0.2) is 54.6 Å². The first-order valence-electron chi connectivity index (χ1n) is 14.4. The quantitative estimate of drug-likeness (QED) is 0.378. The molecule has 0 radical (unpaired) electrons. The fraction of sp³-hybridized carbons (Fsp3) is 0.424. The summed E-state index contributed by atoms with van der Waals surface area (Å²) in [6.45, 7) is 2.60. The third-order valence-electron chi connectivity index (χ3n) is 8.81. The molecule has 2 atom stereocenters. The van der Waals surface area contributed by atoms with Crippen molar-refractivity contribution in [2.45, 2.75) is 63.6 Å². The molecule has 216 valence electrons. The number of aliphatic hydroxyl groups is 1. The van der Waals surface area contributed by atoms with Crippen LogP contribution in [0, 0.1) is 12.8 Å². The van der Waals surface area contributed by atoms with Crippen molar-refractivity contribution in [1.82, 2.24) is 0 Å². The monoisotopic (exact) mass is 576 g/mol. The van der Waals surface area contributed by atoms with E-state index in [-0.39, 0.29) is 42.8 Å². The molecule has 0 bridgehead atoms. The Labute approximate surface area is 241 Å². The molecule has 3 aliphatic rings. The predicted molar refractivity (Wildman–Crippen MR) is 156 cm³/mol. The Bertz CT molecular complexity index is 1560. The lowest BCUT2D eigenvalue weighted by atomic mass is 9.91. The second kappa shape index (κ2) is 10.8. The van der Waals surface area contributed by atoms with Crippen LogP contribution in [0.1, 0.15) is 59.4 Å². The summed E-state index contributed by atoms with van der Waals surface area (Å²) in [4.78, 5) is 11.2. The zero-order chi connectivity index (χ0) is 28.8. The highest BCUT2D eigenvalue weighted by Crippen LogP contribution is 2.47. The van der Waals surface area contributed by atoms with E-state index in [9.17, 15) is 23.4 Å². The molecule has 0 aromatic heterocycles. The first-order valence-corrected chi connectivity index (χ1v) is 16.2. The molecular weight excluding hydrogens is 540 g/mol. The average molecular weight is 577 g/mol.